The SMILES string of the molecule is CC[C@@H](C)[NH+]1CCC([NH+](C)Cc2ccccc2)CC1. The van der Waals surface area contributed by atoms with E-state index in [0.29, 0.717) is 0 Å². The summed E-state index contributed by atoms with van der Waals surface area (Å²) < 4.78 is 0. The van der Waals surface area contributed by atoms with Crippen LogP contribution < -0.4 is 9.80 Å². The van der Waals surface area contributed by atoms with E-state index in [4.69, 9.17) is 0 Å². The van der Waals surface area contributed by atoms with Gasteiger partial charge in [-0.3, -0.25) is 0 Å². The molecule has 0 radical (unpaired) electrons. The van der Waals surface area contributed by atoms with Crippen LogP contribution in [0.1, 0.15) is 38.7 Å². The lowest BCUT2D eigenvalue weighted by Gasteiger charge is -2.35. The molecule has 0 saturated carbocycles. The van der Waals surface area contributed by atoms with Crippen LogP contribution in [0.5, 0.6) is 0 Å². The Kier molecular flexibility index (Phi) is 5.41. The molecule has 0 aromatic heterocycles. The predicted molar refractivity (Wildman–Crippen MR) is 80.5 cm³/mol. The van der Waals surface area contributed by atoms with Gasteiger partial charge in [-0.2, -0.15) is 0 Å². The molecule has 1 aliphatic heterocycles. The van der Waals surface area contributed by atoms with Crippen molar-refractivity contribution in [1.29, 1.82) is 0 Å². The van der Waals surface area contributed by atoms with E-state index in [9.17, 15) is 0 Å². The zero-order chi connectivity index (χ0) is 13.7. The maximum atomic E-state index is 2.40. The van der Waals surface area contributed by atoms with E-state index in [1.165, 1.54) is 44.5 Å². The molecule has 0 amide bonds. The van der Waals surface area contributed by atoms with Crippen molar-refractivity contribution in [2.24, 2.45) is 0 Å². The summed E-state index contributed by atoms with van der Waals surface area (Å²) >= 11 is 0. The van der Waals surface area contributed by atoms with Gasteiger partial charge in [-0.15, -0.1) is 0 Å². The van der Waals surface area contributed by atoms with Crippen molar-refractivity contribution in [3.8, 4) is 0 Å². The molecule has 1 unspecified atom stereocenters. The lowest BCUT2D eigenvalue weighted by molar-refractivity contribution is -0.965. The molecule has 1 heterocycles. The third-order valence-electron chi connectivity index (χ3n) is 4.96. The van der Waals surface area contributed by atoms with Gasteiger partial charge < -0.3 is 9.80 Å². The normalized spacial score (nSPS) is 26.9. The zero-order valence-corrected chi connectivity index (χ0v) is 12.8. The summed E-state index contributed by atoms with van der Waals surface area (Å²) in [5.41, 5.74) is 1.47. The summed E-state index contributed by atoms with van der Waals surface area (Å²) in [5, 5.41) is 0. The van der Waals surface area contributed by atoms with Gasteiger partial charge in [0.25, 0.3) is 0 Å². The van der Waals surface area contributed by atoms with Crippen molar-refractivity contribution >= 4 is 0 Å². The molecular formula is C17H30N2+2. The number of benzene rings is 1. The van der Waals surface area contributed by atoms with Crippen LogP contribution in [0.2, 0.25) is 0 Å². The van der Waals surface area contributed by atoms with Crippen LogP contribution in [0.15, 0.2) is 30.3 Å². The molecule has 2 atom stereocenters. The standard InChI is InChI=1S/C17H28N2/c1-4-15(2)19-12-10-17(11-13-19)18(3)14-16-8-6-5-7-9-16/h5-9,15,17H,4,10-14H2,1-3H3/p+2/t15-/m1/s1. The molecule has 2 heteroatoms. The second kappa shape index (κ2) is 7.06. The van der Waals surface area contributed by atoms with Gasteiger partial charge in [0.2, 0.25) is 0 Å². The second-order valence-electron chi connectivity index (χ2n) is 6.25. The zero-order valence-electron chi connectivity index (χ0n) is 12.8. The number of likely N-dealkylation sites (tertiary alicyclic amines) is 1. The average Bonchev–Trinajstić information content (AvgIpc) is 2.47. The van der Waals surface area contributed by atoms with Gasteiger partial charge >= 0.3 is 0 Å². The molecule has 106 valence electrons. The number of hydrogen-bond acceptors (Lipinski definition) is 0. The van der Waals surface area contributed by atoms with Gasteiger partial charge in [-0.05, 0) is 13.3 Å². The number of hydrogen-bond donors (Lipinski definition) is 2. The van der Waals surface area contributed by atoms with E-state index >= 15 is 0 Å². The Bertz CT molecular complexity index is 355. The Morgan fingerprint density at radius 3 is 2.42 bits per heavy atom. The van der Waals surface area contributed by atoms with Crippen LogP contribution in [-0.4, -0.2) is 32.2 Å². The minimum Gasteiger partial charge on any atom is -0.332 e. The number of quaternary nitrogens is 2. The molecule has 1 aliphatic rings. The average molecular weight is 262 g/mol. The molecule has 1 saturated heterocycles. The summed E-state index contributed by atoms with van der Waals surface area (Å²) in [5.74, 6) is 0. The van der Waals surface area contributed by atoms with E-state index in [-0.39, 0.29) is 0 Å². The second-order valence-corrected chi connectivity index (χ2v) is 6.25. The van der Waals surface area contributed by atoms with Gasteiger partial charge in [-0.1, -0.05) is 37.3 Å². The van der Waals surface area contributed by atoms with Gasteiger partial charge in [0.1, 0.15) is 6.54 Å². The molecule has 19 heavy (non-hydrogen) atoms. The Balaban J connectivity index is 1.81. The molecule has 1 aromatic rings. The summed E-state index contributed by atoms with van der Waals surface area (Å²) in [4.78, 5) is 3.51. The quantitative estimate of drug-likeness (QED) is 0.767. The van der Waals surface area contributed by atoms with E-state index in [2.05, 4.69) is 51.2 Å². The highest BCUT2D eigenvalue weighted by Gasteiger charge is 2.29. The fourth-order valence-corrected chi connectivity index (χ4v) is 3.33. The van der Waals surface area contributed by atoms with Gasteiger partial charge in [0.15, 0.2) is 0 Å². The van der Waals surface area contributed by atoms with Crippen molar-refractivity contribution < 1.29 is 9.80 Å². The predicted octanol–water partition coefficient (Wildman–Crippen LogP) is 0.547. The summed E-state index contributed by atoms with van der Waals surface area (Å²) in [6.07, 6.45) is 4.09. The first-order valence-corrected chi connectivity index (χ1v) is 7.91. The van der Waals surface area contributed by atoms with Gasteiger partial charge in [-0.25, -0.2) is 0 Å². The van der Waals surface area contributed by atoms with E-state index in [0.717, 1.165) is 12.1 Å². The van der Waals surface area contributed by atoms with Crippen molar-refractivity contribution in [2.45, 2.75) is 51.7 Å². The number of rotatable bonds is 5. The molecule has 1 fully saturated rings. The minimum absolute atomic E-state index is 0.843. The monoisotopic (exact) mass is 262 g/mol. The first-order chi connectivity index (χ1) is 9.20. The third kappa shape index (κ3) is 4.05. The maximum Gasteiger partial charge on any atom is 0.103 e. The summed E-state index contributed by atoms with van der Waals surface area (Å²) in [6.45, 7) is 8.62. The van der Waals surface area contributed by atoms with Crippen molar-refractivity contribution in [2.75, 3.05) is 20.1 Å². The van der Waals surface area contributed by atoms with Crippen LogP contribution in [0.25, 0.3) is 0 Å². The summed E-state index contributed by atoms with van der Waals surface area (Å²) in [7, 11) is 2.37. The van der Waals surface area contributed by atoms with Crippen LogP contribution in [0, 0.1) is 0 Å². The first kappa shape index (κ1) is 14.5. The number of piperidine rings is 1. The van der Waals surface area contributed by atoms with Crippen LogP contribution in [-0.2, 0) is 6.54 Å². The molecule has 2 nitrogen and oxygen atoms in total. The van der Waals surface area contributed by atoms with Crippen molar-refractivity contribution in [1.82, 2.24) is 0 Å². The Labute approximate surface area is 118 Å². The Morgan fingerprint density at radius 2 is 1.84 bits per heavy atom. The molecular weight excluding hydrogens is 232 g/mol. The Morgan fingerprint density at radius 1 is 1.21 bits per heavy atom. The fraction of sp³-hybridized carbons (Fsp3) is 0.647. The highest BCUT2D eigenvalue weighted by molar-refractivity contribution is 5.13. The van der Waals surface area contributed by atoms with Crippen LogP contribution in [0.3, 0.4) is 0 Å². The van der Waals surface area contributed by atoms with Gasteiger partial charge in [0.05, 0.1) is 32.2 Å². The third-order valence-corrected chi connectivity index (χ3v) is 4.96. The largest absolute Gasteiger partial charge is 0.332 e. The lowest BCUT2D eigenvalue weighted by Crippen LogP contribution is -3.20. The first-order valence-electron chi connectivity index (χ1n) is 7.91. The number of nitrogens with one attached hydrogen (secondary N) is 2. The highest BCUT2D eigenvalue weighted by atomic mass is 15.2. The molecule has 2 rings (SSSR count). The lowest BCUT2D eigenvalue weighted by atomic mass is 10.0. The fourth-order valence-electron chi connectivity index (χ4n) is 3.33. The smallest absolute Gasteiger partial charge is 0.103 e. The highest BCUT2D eigenvalue weighted by Crippen LogP contribution is 2.00. The molecule has 0 spiro atoms. The van der Waals surface area contributed by atoms with E-state index in [1.807, 2.05) is 4.90 Å². The van der Waals surface area contributed by atoms with Crippen LogP contribution >= 0.6 is 0 Å². The summed E-state index contributed by atoms with van der Waals surface area (Å²) in [6, 6.07) is 12.6. The molecule has 1 aromatic carbocycles. The molecule has 0 bridgehead atoms. The van der Waals surface area contributed by atoms with Crippen LogP contribution in [0.4, 0.5) is 0 Å². The Hall–Kier alpha value is -0.860. The van der Waals surface area contributed by atoms with Crippen molar-refractivity contribution in [3.63, 3.8) is 0 Å². The molecule has 0 aliphatic carbocycles. The van der Waals surface area contributed by atoms with E-state index in [1.54, 1.807) is 4.90 Å². The van der Waals surface area contributed by atoms with Gasteiger partial charge in [0, 0.05) is 18.4 Å². The minimum atomic E-state index is 0.843. The topological polar surface area (TPSA) is 8.88 Å². The van der Waals surface area contributed by atoms with Crippen molar-refractivity contribution in [3.05, 3.63) is 35.9 Å². The molecule has 2 N–H and O–H groups in total. The van der Waals surface area contributed by atoms with E-state index < -0.39 is 0 Å². The maximum absolute atomic E-state index is 2.40.